The summed E-state index contributed by atoms with van der Waals surface area (Å²) in [6.07, 6.45) is 0.809. The van der Waals surface area contributed by atoms with E-state index in [1.165, 1.54) is 4.90 Å². The molecule has 0 fully saturated rings. The first kappa shape index (κ1) is 23.0. The summed E-state index contributed by atoms with van der Waals surface area (Å²) in [6, 6.07) is 13.3. The van der Waals surface area contributed by atoms with Crippen LogP contribution in [-0.4, -0.2) is 35.4 Å². The van der Waals surface area contributed by atoms with Gasteiger partial charge in [-0.05, 0) is 62.2 Å². The summed E-state index contributed by atoms with van der Waals surface area (Å²) in [4.78, 5) is 27.1. The molecule has 2 aromatic rings. The Morgan fingerprint density at radius 3 is 2.10 bits per heavy atom. The molecule has 0 bridgehead atoms. The van der Waals surface area contributed by atoms with Crippen LogP contribution in [0.25, 0.3) is 0 Å². The Morgan fingerprint density at radius 2 is 1.55 bits per heavy atom. The van der Waals surface area contributed by atoms with E-state index in [0.29, 0.717) is 15.8 Å². The molecule has 156 valence electrons. The van der Waals surface area contributed by atoms with Crippen molar-refractivity contribution in [3.63, 3.8) is 0 Å². The zero-order valence-electron chi connectivity index (χ0n) is 16.8. The zero-order chi connectivity index (χ0) is 21.4. The molecule has 7 heteroatoms. The first-order chi connectivity index (χ1) is 13.8. The molecule has 2 atom stereocenters. The third kappa shape index (κ3) is 7.26. The van der Waals surface area contributed by atoms with Crippen LogP contribution in [0.1, 0.15) is 32.8 Å². The highest BCUT2D eigenvalue weighted by molar-refractivity contribution is 6.30. The van der Waals surface area contributed by atoms with Crippen molar-refractivity contribution >= 4 is 35.0 Å². The molecule has 0 radical (unpaired) electrons. The first-order valence-electron chi connectivity index (χ1n) is 9.52. The minimum atomic E-state index is -0.652. The number of carbonyl (C=O) groups excluding carboxylic acids is 2. The molecule has 0 aromatic heterocycles. The fraction of sp³-hybridized carbons (Fsp3) is 0.364. The fourth-order valence-electron chi connectivity index (χ4n) is 2.59. The van der Waals surface area contributed by atoms with E-state index < -0.39 is 6.04 Å². The molecule has 29 heavy (non-hydrogen) atoms. The quantitative estimate of drug-likeness (QED) is 0.619. The number of rotatable bonds is 9. The molecule has 5 nitrogen and oxygen atoms in total. The van der Waals surface area contributed by atoms with Gasteiger partial charge in [-0.1, -0.05) is 42.3 Å². The van der Waals surface area contributed by atoms with E-state index in [-0.39, 0.29) is 31.0 Å². The number of hydrogen-bond donors (Lipinski definition) is 1. The number of amides is 2. The van der Waals surface area contributed by atoms with Crippen LogP contribution < -0.4 is 10.1 Å². The lowest BCUT2D eigenvalue weighted by Gasteiger charge is -2.29. The van der Waals surface area contributed by atoms with Crippen molar-refractivity contribution in [1.82, 2.24) is 10.2 Å². The van der Waals surface area contributed by atoms with Gasteiger partial charge in [-0.3, -0.25) is 9.59 Å². The van der Waals surface area contributed by atoms with Gasteiger partial charge in [0.1, 0.15) is 11.8 Å². The fourth-order valence-corrected chi connectivity index (χ4v) is 2.85. The number of carbonyl (C=O) groups is 2. The minimum absolute atomic E-state index is 0.0303. The SMILES string of the molecule is CCC(C)NC(=O)C(C)N(Cc1ccc(Cl)cc1)C(=O)COc1ccc(Cl)cc1. The van der Waals surface area contributed by atoms with Crippen molar-refractivity contribution in [2.45, 2.75) is 45.8 Å². The molecule has 2 rings (SSSR count). The van der Waals surface area contributed by atoms with Crippen molar-refractivity contribution in [1.29, 1.82) is 0 Å². The Morgan fingerprint density at radius 1 is 1.00 bits per heavy atom. The molecule has 0 heterocycles. The lowest BCUT2D eigenvalue weighted by Crippen LogP contribution is -2.50. The molecule has 1 N–H and O–H groups in total. The van der Waals surface area contributed by atoms with Crippen LogP contribution in [0.4, 0.5) is 0 Å². The molecule has 2 aromatic carbocycles. The van der Waals surface area contributed by atoms with Crippen molar-refractivity contribution in [3.05, 3.63) is 64.1 Å². The van der Waals surface area contributed by atoms with Crippen LogP contribution in [0.3, 0.4) is 0 Å². The largest absolute Gasteiger partial charge is 0.484 e. The monoisotopic (exact) mass is 436 g/mol. The summed E-state index contributed by atoms with van der Waals surface area (Å²) in [5.74, 6) is 0.0424. The third-order valence-corrected chi connectivity index (χ3v) is 5.11. The molecule has 0 spiro atoms. The molecule has 0 aliphatic heterocycles. The maximum absolute atomic E-state index is 12.9. The summed E-state index contributed by atoms with van der Waals surface area (Å²) in [6.45, 7) is 5.73. The van der Waals surface area contributed by atoms with Gasteiger partial charge in [0.15, 0.2) is 6.61 Å². The lowest BCUT2D eigenvalue weighted by atomic mass is 10.1. The van der Waals surface area contributed by atoms with E-state index in [4.69, 9.17) is 27.9 Å². The second kappa shape index (κ2) is 11.1. The molecule has 2 unspecified atom stereocenters. The number of halogens is 2. The zero-order valence-corrected chi connectivity index (χ0v) is 18.3. The summed E-state index contributed by atoms with van der Waals surface area (Å²) >= 11 is 11.8. The van der Waals surface area contributed by atoms with Crippen LogP contribution in [0.5, 0.6) is 5.75 Å². The predicted molar refractivity (Wildman–Crippen MR) is 116 cm³/mol. The Labute approximate surface area is 181 Å². The van der Waals surface area contributed by atoms with Gasteiger partial charge in [0.2, 0.25) is 5.91 Å². The van der Waals surface area contributed by atoms with Gasteiger partial charge < -0.3 is 15.0 Å². The van der Waals surface area contributed by atoms with Crippen LogP contribution in [0.15, 0.2) is 48.5 Å². The lowest BCUT2D eigenvalue weighted by molar-refractivity contribution is -0.142. The first-order valence-corrected chi connectivity index (χ1v) is 10.3. The molecule has 0 saturated carbocycles. The van der Waals surface area contributed by atoms with E-state index in [1.54, 1.807) is 43.3 Å². The topological polar surface area (TPSA) is 58.6 Å². The Bertz CT molecular complexity index is 810. The van der Waals surface area contributed by atoms with Crippen molar-refractivity contribution in [2.24, 2.45) is 0 Å². The molecular weight excluding hydrogens is 411 g/mol. The van der Waals surface area contributed by atoms with Gasteiger partial charge in [-0.15, -0.1) is 0 Å². The van der Waals surface area contributed by atoms with Gasteiger partial charge in [-0.2, -0.15) is 0 Å². The Kier molecular flexibility index (Phi) is 8.80. The summed E-state index contributed by atoms with van der Waals surface area (Å²) < 4.78 is 5.59. The highest BCUT2D eigenvalue weighted by Crippen LogP contribution is 2.17. The average Bonchev–Trinajstić information content (AvgIpc) is 2.72. The van der Waals surface area contributed by atoms with Crippen LogP contribution in [0, 0.1) is 0 Å². The minimum Gasteiger partial charge on any atom is -0.484 e. The van der Waals surface area contributed by atoms with Gasteiger partial charge in [0, 0.05) is 22.6 Å². The Hall–Kier alpha value is -2.24. The molecule has 0 aliphatic rings. The summed E-state index contributed by atoms with van der Waals surface area (Å²) in [7, 11) is 0. The average molecular weight is 437 g/mol. The number of nitrogens with zero attached hydrogens (tertiary/aromatic N) is 1. The number of ether oxygens (including phenoxy) is 1. The third-order valence-electron chi connectivity index (χ3n) is 4.61. The van der Waals surface area contributed by atoms with Crippen LogP contribution in [-0.2, 0) is 16.1 Å². The maximum atomic E-state index is 12.9. The van der Waals surface area contributed by atoms with Gasteiger partial charge >= 0.3 is 0 Å². The standard InChI is InChI=1S/C22H26Cl2N2O3/c1-4-15(2)25-22(28)16(3)26(13-17-5-7-18(23)8-6-17)21(27)14-29-20-11-9-19(24)10-12-20/h5-12,15-16H,4,13-14H2,1-3H3,(H,25,28). The molecular formula is C22H26Cl2N2O3. The van der Waals surface area contributed by atoms with Crippen molar-refractivity contribution in [2.75, 3.05) is 6.61 Å². The maximum Gasteiger partial charge on any atom is 0.261 e. The van der Waals surface area contributed by atoms with Gasteiger partial charge in [-0.25, -0.2) is 0 Å². The van der Waals surface area contributed by atoms with Crippen molar-refractivity contribution in [3.8, 4) is 5.75 Å². The molecule has 0 saturated heterocycles. The van der Waals surface area contributed by atoms with E-state index >= 15 is 0 Å². The van der Waals surface area contributed by atoms with Crippen LogP contribution in [0.2, 0.25) is 10.0 Å². The number of benzene rings is 2. The highest BCUT2D eigenvalue weighted by Gasteiger charge is 2.27. The van der Waals surface area contributed by atoms with Gasteiger partial charge in [0.25, 0.3) is 5.91 Å². The highest BCUT2D eigenvalue weighted by atomic mass is 35.5. The second-order valence-electron chi connectivity index (χ2n) is 6.88. The van der Waals surface area contributed by atoms with Crippen molar-refractivity contribution < 1.29 is 14.3 Å². The second-order valence-corrected chi connectivity index (χ2v) is 7.76. The normalized spacial score (nSPS) is 12.7. The number of nitrogens with one attached hydrogen (secondary N) is 1. The summed E-state index contributed by atoms with van der Waals surface area (Å²) in [5, 5.41) is 4.13. The van der Waals surface area contributed by atoms with E-state index in [9.17, 15) is 9.59 Å². The number of hydrogen-bond acceptors (Lipinski definition) is 3. The van der Waals surface area contributed by atoms with E-state index in [1.807, 2.05) is 26.0 Å². The smallest absolute Gasteiger partial charge is 0.261 e. The Balaban J connectivity index is 2.13. The predicted octanol–water partition coefficient (Wildman–Crippen LogP) is 4.70. The summed E-state index contributed by atoms with van der Waals surface area (Å²) in [5.41, 5.74) is 0.873. The van der Waals surface area contributed by atoms with Gasteiger partial charge in [0.05, 0.1) is 0 Å². The molecule has 0 aliphatic carbocycles. The van der Waals surface area contributed by atoms with E-state index in [0.717, 1.165) is 12.0 Å². The van der Waals surface area contributed by atoms with E-state index in [2.05, 4.69) is 5.32 Å². The van der Waals surface area contributed by atoms with Crippen LogP contribution >= 0.6 is 23.2 Å². The molecule has 2 amide bonds.